The smallest absolute Gasteiger partial charge is 0.255 e. The summed E-state index contributed by atoms with van der Waals surface area (Å²) in [6.45, 7) is 3.51. The Kier molecular flexibility index (Phi) is 12.5. The molecule has 0 spiro atoms. The number of nitrogens with one attached hydrogen (secondary N) is 2. The van der Waals surface area contributed by atoms with Gasteiger partial charge >= 0.3 is 0 Å². The number of carbonyl (C=O) groups excluding carboxylic acids is 2. The van der Waals surface area contributed by atoms with Gasteiger partial charge in [-0.3, -0.25) is 14.5 Å². The van der Waals surface area contributed by atoms with Gasteiger partial charge in [-0.2, -0.15) is 0 Å². The summed E-state index contributed by atoms with van der Waals surface area (Å²) in [6, 6.07) is 33.2. The van der Waals surface area contributed by atoms with Crippen LogP contribution in [0.1, 0.15) is 45.2 Å². The second kappa shape index (κ2) is 17.0. The van der Waals surface area contributed by atoms with Crippen molar-refractivity contribution in [2.75, 3.05) is 31.6 Å². The van der Waals surface area contributed by atoms with E-state index in [2.05, 4.69) is 15.5 Å². The molecule has 8 heteroatoms. The van der Waals surface area contributed by atoms with E-state index in [1.165, 1.54) is 0 Å². The highest BCUT2D eigenvalue weighted by Gasteiger charge is 2.22. The molecule has 0 aromatic heterocycles. The van der Waals surface area contributed by atoms with Crippen molar-refractivity contribution in [2.45, 2.75) is 38.5 Å². The average molecular weight is 596 g/mol. The summed E-state index contributed by atoms with van der Waals surface area (Å²) < 4.78 is 5.77. The first-order chi connectivity index (χ1) is 21.4. The van der Waals surface area contributed by atoms with E-state index in [-0.39, 0.29) is 31.1 Å². The highest BCUT2D eigenvalue weighted by molar-refractivity contribution is 6.05. The predicted molar refractivity (Wildman–Crippen MR) is 173 cm³/mol. The maximum absolute atomic E-state index is 12.8. The van der Waals surface area contributed by atoms with Crippen LogP contribution in [0.5, 0.6) is 5.75 Å². The molecule has 0 bridgehead atoms. The molecule has 0 aliphatic carbocycles. The van der Waals surface area contributed by atoms with Gasteiger partial charge in [-0.15, -0.1) is 0 Å². The van der Waals surface area contributed by atoms with Gasteiger partial charge in [0.2, 0.25) is 0 Å². The van der Waals surface area contributed by atoms with Crippen LogP contribution in [-0.2, 0) is 13.0 Å². The molecule has 4 rings (SSSR count). The van der Waals surface area contributed by atoms with Crippen molar-refractivity contribution < 1.29 is 24.5 Å². The Hall–Kier alpha value is -4.50. The summed E-state index contributed by atoms with van der Waals surface area (Å²) in [5, 5.41) is 27.0. The standard InChI is InChI=1S/C36H41N3O5/c1-2-21-37-35(42)29-15-17-30(18-16-29)36(43)38-31-19-13-27(14-20-31)22-32(25-40)39(23-28-9-5-3-6-10-28)24-33(41)26-44-34-11-7-4-8-12-34/h3-20,32-33,40-41H,2,21-26H2,1H3,(H,37,42)(H,38,43)/t32-,33-/m0/s1. The summed E-state index contributed by atoms with van der Waals surface area (Å²) in [7, 11) is 0. The van der Waals surface area contributed by atoms with Crippen LogP contribution in [0.15, 0.2) is 109 Å². The molecule has 4 aromatic carbocycles. The average Bonchev–Trinajstić information content (AvgIpc) is 3.06. The van der Waals surface area contributed by atoms with Crippen LogP contribution in [0.3, 0.4) is 0 Å². The fourth-order valence-corrected chi connectivity index (χ4v) is 4.82. The summed E-state index contributed by atoms with van der Waals surface area (Å²) >= 11 is 0. The number of rotatable bonds is 16. The van der Waals surface area contributed by atoms with Crippen LogP contribution in [0.25, 0.3) is 0 Å². The third-order valence-corrected chi connectivity index (χ3v) is 7.21. The molecule has 2 amide bonds. The van der Waals surface area contributed by atoms with E-state index < -0.39 is 6.10 Å². The number of ether oxygens (including phenoxy) is 1. The van der Waals surface area contributed by atoms with Gasteiger partial charge in [-0.1, -0.05) is 67.6 Å². The highest BCUT2D eigenvalue weighted by Crippen LogP contribution is 2.18. The van der Waals surface area contributed by atoms with Gasteiger partial charge < -0.3 is 25.6 Å². The largest absolute Gasteiger partial charge is 0.491 e. The molecule has 0 aliphatic rings. The lowest BCUT2D eigenvalue weighted by atomic mass is 10.0. The van der Waals surface area contributed by atoms with Crippen molar-refractivity contribution in [2.24, 2.45) is 0 Å². The number of nitrogens with zero attached hydrogens (tertiary/aromatic N) is 1. The molecule has 0 aliphatic heterocycles. The monoisotopic (exact) mass is 595 g/mol. The number of aliphatic hydroxyl groups excluding tert-OH is 2. The molecule has 0 heterocycles. The molecule has 44 heavy (non-hydrogen) atoms. The zero-order valence-corrected chi connectivity index (χ0v) is 25.1. The Balaban J connectivity index is 1.37. The topological polar surface area (TPSA) is 111 Å². The van der Waals surface area contributed by atoms with E-state index in [1.54, 1.807) is 24.3 Å². The number of benzene rings is 4. The molecule has 0 saturated carbocycles. The second-order valence-electron chi connectivity index (χ2n) is 10.7. The molecule has 4 N–H and O–H groups in total. The van der Waals surface area contributed by atoms with Crippen molar-refractivity contribution in [1.82, 2.24) is 10.2 Å². The highest BCUT2D eigenvalue weighted by atomic mass is 16.5. The lowest BCUT2D eigenvalue weighted by Gasteiger charge is -2.32. The molecule has 4 aromatic rings. The number of hydrogen-bond acceptors (Lipinski definition) is 6. The van der Waals surface area contributed by atoms with E-state index in [9.17, 15) is 19.8 Å². The maximum atomic E-state index is 12.8. The molecule has 2 atom stereocenters. The van der Waals surface area contributed by atoms with Crippen molar-refractivity contribution >= 4 is 17.5 Å². The van der Waals surface area contributed by atoms with Gasteiger partial charge in [-0.25, -0.2) is 0 Å². The number of para-hydroxylation sites is 1. The quantitative estimate of drug-likeness (QED) is 0.146. The van der Waals surface area contributed by atoms with Gasteiger partial charge in [-0.05, 0) is 72.5 Å². The van der Waals surface area contributed by atoms with Crippen LogP contribution < -0.4 is 15.4 Å². The molecular weight excluding hydrogens is 554 g/mol. The molecular formula is C36H41N3O5. The van der Waals surface area contributed by atoms with E-state index >= 15 is 0 Å². The van der Waals surface area contributed by atoms with E-state index in [0.29, 0.717) is 48.6 Å². The van der Waals surface area contributed by atoms with Gasteiger partial charge in [0, 0.05) is 42.5 Å². The van der Waals surface area contributed by atoms with Crippen LogP contribution in [0.4, 0.5) is 5.69 Å². The molecule has 0 fully saturated rings. The minimum atomic E-state index is -0.759. The van der Waals surface area contributed by atoms with Crippen LogP contribution >= 0.6 is 0 Å². The van der Waals surface area contributed by atoms with E-state index in [4.69, 9.17) is 4.74 Å². The Labute approximate surface area is 259 Å². The minimum absolute atomic E-state index is 0.0932. The van der Waals surface area contributed by atoms with Gasteiger partial charge in [0.15, 0.2) is 0 Å². The first-order valence-electron chi connectivity index (χ1n) is 15.0. The van der Waals surface area contributed by atoms with Crippen molar-refractivity contribution in [3.8, 4) is 5.75 Å². The summed E-state index contributed by atoms with van der Waals surface area (Å²) in [5.41, 5.74) is 3.66. The number of carbonyl (C=O) groups is 2. The first kappa shape index (κ1) is 32.4. The molecule has 8 nitrogen and oxygen atoms in total. The van der Waals surface area contributed by atoms with Crippen LogP contribution in [0.2, 0.25) is 0 Å². The fraction of sp³-hybridized carbons (Fsp3) is 0.278. The number of amides is 2. The van der Waals surface area contributed by atoms with E-state index in [0.717, 1.165) is 17.5 Å². The van der Waals surface area contributed by atoms with E-state index in [1.807, 2.05) is 91.9 Å². The summed E-state index contributed by atoms with van der Waals surface area (Å²) in [4.78, 5) is 27.0. The Morgan fingerprint density at radius 2 is 1.41 bits per heavy atom. The van der Waals surface area contributed by atoms with Crippen molar-refractivity contribution in [1.29, 1.82) is 0 Å². The third-order valence-electron chi connectivity index (χ3n) is 7.21. The predicted octanol–water partition coefficient (Wildman–Crippen LogP) is 4.92. The van der Waals surface area contributed by atoms with Gasteiger partial charge in [0.1, 0.15) is 18.5 Å². The lowest BCUT2D eigenvalue weighted by Crippen LogP contribution is -2.44. The van der Waals surface area contributed by atoms with Gasteiger partial charge in [0.05, 0.1) is 6.61 Å². The SMILES string of the molecule is CCCNC(=O)c1ccc(C(=O)Nc2ccc(C[C@@H](CO)N(Cc3ccccc3)C[C@H](O)COc3ccccc3)cc2)cc1. The molecule has 0 unspecified atom stereocenters. The fourth-order valence-electron chi connectivity index (χ4n) is 4.82. The van der Waals surface area contributed by atoms with Crippen LogP contribution in [0, 0.1) is 0 Å². The number of aliphatic hydroxyl groups is 2. The Morgan fingerprint density at radius 1 is 0.795 bits per heavy atom. The maximum Gasteiger partial charge on any atom is 0.255 e. The third kappa shape index (κ3) is 10.1. The normalized spacial score (nSPS) is 12.4. The Bertz CT molecular complexity index is 1430. The van der Waals surface area contributed by atoms with Crippen molar-refractivity contribution in [3.05, 3.63) is 131 Å². The number of hydrogen-bond donors (Lipinski definition) is 4. The summed E-state index contributed by atoms with van der Waals surface area (Å²) in [6.07, 6.45) is 0.641. The summed E-state index contributed by atoms with van der Waals surface area (Å²) in [5.74, 6) is 0.263. The van der Waals surface area contributed by atoms with Crippen molar-refractivity contribution in [3.63, 3.8) is 0 Å². The Morgan fingerprint density at radius 3 is 2.02 bits per heavy atom. The molecule has 0 saturated heterocycles. The zero-order chi connectivity index (χ0) is 31.1. The first-order valence-corrected chi connectivity index (χ1v) is 15.0. The zero-order valence-electron chi connectivity index (χ0n) is 25.1. The van der Waals surface area contributed by atoms with Crippen LogP contribution in [-0.4, -0.2) is 65.4 Å². The lowest BCUT2D eigenvalue weighted by molar-refractivity contribution is 0.0335. The number of anilines is 1. The van der Waals surface area contributed by atoms with Gasteiger partial charge in [0.25, 0.3) is 11.8 Å². The second-order valence-corrected chi connectivity index (χ2v) is 10.7. The molecule has 230 valence electrons. The molecule has 0 radical (unpaired) electrons. The minimum Gasteiger partial charge on any atom is -0.491 e.